The van der Waals surface area contributed by atoms with Gasteiger partial charge in [-0.1, -0.05) is 0 Å². The van der Waals surface area contributed by atoms with Crippen LogP contribution in [0.4, 0.5) is 4.79 Å². The minimum Gasteiger partial charge on any atom is -0.481 e. The van der Waals surface area contributed by atoms with Crippen molar-refractivity contribution in [1.29, 1.82) is 0 Å². The molecule has 18 heavy (non-hydrogen) atoms. The van der Waals surface area contributed by atoms with Crippen molar-refractivity contribution in [2.24, 2.45) is 0 Å². The molecule has 8 nitrogen and oxygen atoms in total. The number of ether oxygens (including phenoxy) is 2. The zero-order chi connectivity index (χ0) is 13.5. The summed E-state index contributed by atoms with van der Waals surface area (Å²) >= 11 is 0. The van der Waals surface area contributed by atoms with Gasteiger partial charge in [0.2, 0.25) is 5.91 Å². The molecule has 0 aromatic carbocycles. The molecular weight excluding hydrogens is 244 g/mol. The number of hydrogen-bond donors (Lipinski definition) is 2. The summed E-state index contributed by atoms with van der Waals surface area (Å²) in [6, 6.07) is -0.361. The van der Waals surface area contributed by atoms with Gasteiger partial charge in [-0.25, -0.2) is 4.79 Å². The molecule has 1 rings (SSSR count). The van der Waals surface area contributed by atoms with Crippen LogP contribution in [0.1, 0.15) is 6.42 Å². The Hall–Kier alpha value is -1.67. The van der Waals surface area contributed by atoms with Crippen LogP contribution in [0, 0.1) is 0 Å². The van der Waals surface area contributed by atoms with Crippen LogP contribution in [-0.4, -0.2) is 67.4 Å². The second-order valence-corrected chi connectivity index (χ2v) is 3.84. The van der Waals surface area contributed by atoms with Crippen molar-refractivity contribution >= 4 is 18.0 Å². The van der Waals surface area contributed by atoms with Crippen LogP contribution in [0.15, 0.2) is 0 Å². The normalized spacial score (nSPS) is 20.2. The van der Waals surface area contributed by atoms with Gasteiger partial charge in [-0.05, 0) is 0 Å². The summed E-state index contributed by atoms with van der Waals surface area (Å²) in [6.07, 6.45) is -0.936. The number of carboxylic acids is 1. The summed E-state index contributed by atoms with van der Waals surface area (Å²) in [4.78, 5) is 34.6. The van der Waals surface area contributed by atoms with Gasteiger partial charge in [0.1, 0.15) is 0 Å². The maximum atomic E-state index is 11.5. The van der Waals surface area contributed by atoms with Crippen molar-refractivity contribution in [2.45, 2.75) is 12.5 Å². The van der Waals surface area contributed by atoms with E-state index in [1.165, 1.54) is 0 Å². The van der Waals surface area contributed by atoms with Gasteiger partial charge in [-0.15, -0.1) is 0 Å². The second-order valence-electron chi connectivity index (χ2n) is 3.84. The Labute approximate surface area is 104 Å². The lowest BCUT2D eigenvalue weighted by Gasteiger charge is -2.33. The number of nitrogens with zero attached hydrogens (tertiary/aromatic N) is 1. The molecule has 2 N–H and O–H groups in total. The molecule has 8 heteroatoms. The van der Waals surface area contributed by atoms with E-state index in [0.29, 0.717) is 13.2 Å². The second kappa shape index (κ2) is 6.92. The van der Waals surface area contributed by atoms with Crippen molar-refractivity contribution in [2.75, 3.05) is 33.4 Å². The monoisotopic (exact) mass is 260 g/mol. The first-order valence-corrected chi connectivity index (χ1v) is 5.44. The fourth-order valence-electron chi connectivity index (χ4n) is 1.68. The number of carbonyl (C=O) groups excluding carboxylic acids is 2. The largest absolute Gasteiger partial charge is 0.481 e. The van der Waals surface area contributed by atoms with Crippen LogP contribution < -0.4 is 5.32 Å². The SMILES string of the molecule is COC(=O)NC(=O)CN1CCOCC1CC(=O)O. The molecule has 1 saturated heterocycles. The van der Waals surface area contributed by atoms with Crippen LogP contribution in [0.5, 0.6) is 0 Å². The molecule has 0 spiro atoms. The number of carbonyl (C=O) groups is 3. The van der Waals surface area contributed by atoms with E-state index in [4.69, 9.17) is 9.84 Å². The molecule has 0 bridgehead atoms. The topological polar surface area (TPSA) is 105 Å². The summed E-state index contributed by atoms with van der Waals surface area (Å²) in [5.41, 5.74) is 0. The molecule has 0 radical (unpaired) electrons. The summed E-state index contributed by atoms with van der Waals surface area (Å²) in [6.45, 7) is 1.09. The molecule has 1 unspecified atom stereocenters. The molecule has 1 atom stereocenters. The van der Waals surface area contributed by atoms with Gasteiger partial charge >= 0.3 is 12.1 Å². The number of imide groups is 1. The van der Waals surface area contributed by atoms with E-state index in [-0.39, 0.29) is 25.6 Å². The third kappa shape index (κ3) is 4.68. The smallest absolute Gasteiger partial charge is 0.413 e. The standard InChI is InChI=1S/C10H16N2O6/c1-17-10(16)11-8(13)5-12-2-3-18-6-7(12)4-9(14)15/h7H,2-6H2,1H3,(H,14,15)(H,11,13,16). The maximum Gasteiger partial charge on any atom is 0.413 e. The van der Waals surface area contributed by atoms with Crippen LogP contribution in [0.2, 0.25) is 0 Å². The summed E-state index contributed by atoms with van der Waals surface area (Å²) in [5, 5.41) is 10.8. The molecule has 1 heterocycles. The number of alkyl carbamates (subject to hydrolysis) is 1. The number of hydrogen-bond acceptors (Lipinski definition) is 6. The summed E-state index contributed by atoms with van der Waals surface area (Å²) in [7, 11) is 1.16. The Bertz CT molecular complexity index is 332. The summed E-state index contributed by atoms with van der Waals surface area (Å²) in [5.74, 6) is -1.48. The van der Waals surface area contributed by atoms with Crippen molar-refractivity contribution in [3.05, 3.63) is 0 Å². The van der Waals surface area contributed by atoms with E-state index in [1.807, 2.05) is 5.32 Å². The van der Waals surface area contributed by atoms with Crippen LogP contribution in [0.25, 0.3) is 0 Å². The van der Waals surface area contributed by atoms with E-state index < -0.39 is 18.0 Å². The van der Waals surface area contributed by atoms with Crippen LogP contribution >= 0.6 is 0 Å². The average molecular weight is 260 g/mol. The number of amides is 2. The average Bonchev–Trinajstić information content (AvgIpc) is 2.30. The lowest BCUT2D eigenvalue weighted by molar-refractivity contribution is -0.141. The molecule has 0 aromatic heterocycles. The number of nitrogens with one attached hydrogen (secondary N) is 1. The fraction of sp³-hybridized carbons (Fsp3) is 0.700. The van der Waals surface area contributed by atoms with Crippen molar-refractivity contribution in [3.8, 4) is 0 Å². The Morgan fingerprint density at radius 2 is 2.22 bits per heavy atom. The van der Waals surface area contributed by atoms with Crippen molar-refractivity contribution in [3.63, 3.8) is 0 Å². The highest BCUT2D eigenvalue weighted by Gasteiger charge is 2.27. The van der Waals surface area contributed by atoms with Gasteiger partial charge in [-0.2, -0.15) is 0 Å². The molecule has 1 fully saturated rings. The molecule has 2 amide bonds. The van der Waals surface area contributed by atoms with Gasteiger partial charge in [0, 0.05) is 12.6 Å². The first-order valence-electron chi connectivity index (χ1n) is 5.44. The first-order chi connectivity index (χ1) is 8.52. The Balaban J connectivity index is 2.48. The highest BCUT2D eigenvalue weighted by molar-refractivity contribution is 5.92. The van der Waals surface area contributed by atoms with Crippen molar-refractivity contribution in [1.82, 2.24) is 10.2 Å². The number of rotatable bonds is 4. The summed E-state index contributed by atoms with van der Waals surface area (Å²) < 4.78 is 9.46. The predicted molar refractivity (Wildman–Crippen MR) is 59.0 cm³/mol. The number of carboxylic acid groups (broad SMARTS) is 1. The Morgan fingerprint density at radius 1 is 1.50 bits per heavy atom. The molecule has 1 aliphatic heterocycles. The predicted octanol–water partition coefficient (Wildman–Crippen LogP) is -0.955. The lowest BCUT2D eigenvalue weighted by atomic mass is 10.1. The first kappa shape index (κ1) is 14.4. The lowest BCUT2D eigenvalue weighted by Crippen LogP contribution is -2.51. The van der Waals surface area contributed by atoms with E-state index >= 15 is 0 Å². The van der Waals surface area contributed by atoms with Crippen LogP contribution in [-0.2, 0) is 19.1 Å². The molecule has 102 valence electrons. The number of aliphatic carboxylic acids is 1. The van der Waals surface area contributed by atoms with Gasteiger partial charge in [0.15, 0.2) is 0 Å². The van der Waals surface area contributed by atoms with Gasteiger partial charge < -0.3 is 14.6 Å². The van der Waals surface area contributed by atoms with Gasteiger partial charge in [0.25, 0.3) is 0 Å². The number of methoxy groups -OCH3 is 1. The minimum absolute atomic E-state index is 0.0591. The minimum atomic E-state index is -0.955. The maximum absolute atomic E-state index is 11.5. The van der Waals surface area contributed by atoms with E-state index in [9.17, 15) is 14.4 Å². The molecule has 0 aromatic rings. The molecular formula is C10H16N2O6. The zero-order valence-electron chi connectivity index (χ0n) is 10.0. The Morgan fingerprint density at radius 3 is 2.83 bits per heavy atom. The zero-order valence-corrected chi connectivity index (χ0v) is 10.0. The molecule has 0 aliphatic carbocycles. The quantitative estimate of drug-likeness (QED) is 0.671. The number of morpholine rings is 1. The van der Waals surface area contributed by atoms with E-state index in [1.54, 1.807) is 4.90 Å². The molecule has 0 saturated carbocycles. The highest BCUT2D eigenvalue weighted by atomic mass is 16.5. The van der Waals surface area contributed by atoms with E-state index in [2.05, 4.69) is 4.74 Å². The van der Waals surface area contributed by atoms with Crippen LogP contribution in [0.3, 0.4) is 0 Å². The van der Waals surface area contributed by atoms with E-state index in [0.717, 1.165) is 7.11 Å². The van der Waals surface area contributed by atoms with Crippen molar-refractivity contribution < 1.29 is 29.0 Å². The Kier molecular flexibility index (Phi) is 5.53. The van der Waals surface area contributed by atoms with Gasteiger partial charge in [-0.3, -0.25) is 19.8 Å². The fourth-order valence-corrected chi connectivity index (χ4v) is 1.68. The third-order valence-corrected chi connectivity index (χ3v) is 2.53. The van der Waals surface area contributed by atoms with Gasteiger partial charge in [0.05, 0.1) is 33.3 Å². The molecule has 1 aliphatic rings. The third-order valence-electron chi connectivity index (χ3n) is 2.53. The highest BCUT2D eigenvalue weighted by Crippen LogP contribution is 2.10.